The van der Waals surface area contributed by atoms with Gasteiger partial charge in [-0.25, -0.2) is 9.97 Å². The Hall–Kier alpha value is -2.16. The lowest BCUT2D eigenvalue weighted by molar-refractivity contribution is -0.137. The zero-order chi connectivity index (χ0) is 17.5. The summed E-state index contributed by atoms with van der Waals surface area (Å²) in [7, 11) is 1.77. The Labute approximate surface area is 144 Å². The van der Waals surface area contributed by atoms with Crippen LogP contribution in [0.15, 0.2) is 29.1 Å². The molecule has 126 valence electrons. The van der Waals surface area contributed by atoms with Gasteiger partial charge in [-0.05, 0) is 35.0 Å². The molecular formula is C15H13BrF3N5. The highest BCUT2D eigenvalue weighted by Crippen LogP contribution is 2.34. The zero-order valence-corrected chi connectivity index (χ0v) is 14.4. The molecule has 0 aliphatic heterocycles. The van der Waals surface area contributed by atoms with Gasteiger partial charge in [0.2, 0.25) is 0 Å². The molecular weight excluding hydrogens is 387 g/mol. The van der Waals surface area contributed by atoms with Crippen LogP contribution in [-0.2, 0) is 13.2 Å². The molecule has 3 heterocycles. The summed E-state index contributed by atoms with van der Waals surface area (Å²) in [6.07, 6.45) is -1.98. The van der Waals surface area contributed by atoms with E-state index in [4.69, 9.17) is 0 Å². The molecule has 5 nitrogen and oxygen atoms in total. The number of pyridine rings is 2. The minimum atomic E-state index is -4.45. The summed E-state index contributed by atoms with van der Waals surface area (Å²) in [6, 6.07) is 2.80. The first-order valence-corrected chi connectivity index (χ1v) is 7.90. The summed E-state index contributed by atoms with van der Waals surface area (Å²) in [5, 5.41) is 2.93. The molecule has 0 saturated heterocycles. The molecule has 0 atom stereocenters. The number of nitrogens with zero attached hydrogens (tertiary/aromatic N) is 4. The van der Waals surface area contributed by atoms with Gasteiger partial charge in [0, 0.05) is 19.8 Å². The minimum absolute atomic E-state index is 0.290. The summed E-state index contributed by atoms with van der Waals surface area (Å²) in [5.74, 6) is 0.467. The van der Waals surface area contributed by atoms with Crippen LogP contribution in [0.5, 0.6) is 0 Å². The van der Waals surface area contributed by atoms with E-state index >= 15 is 0 Å². The molecule has 9 heteroatoms. The Morgan fingerprint density at radius 1 is 1.21 bits per heavy atom. The SMILES string of the molecule is CCNc1cc(C(F)(F)F)cnc1-c1nc2cc(Br)ncc2n1C. The summed E-state index contributed by atoms with van der Waals surface area (Å²) < 4.78 is 41.2. The lowest BCUT2D eigenvalue weighted by atomic mass is 10.2. The number of alkyl halides is 3. The molecule has 0 fully saturated rings. The average Bonchev–Trinajstić information content (AvgIpc) is 2.83. The van der Waals surface area contributed by atoms with Gasteiger partial charge >= 0.3 is 6.18 Å². The number of nitrogens with one attached hydrogen (secondary N) is 1. The predicted molar refractivity (Wildman–Crippen MR) is 88.6 cm³/mol. The van der Waals surface area contributed by atoms with E-state index in [-0.39, 0.29) is 5.69 Å². The molecule has 0 spiro atoms. The maximum Gasteiger partial charge on any atom is 0.417 e. The van der Waals surface area contributed by atoms with E-state index in [2.05, 4.69) is 36.2 Å². The van der Waals surface area contributed by atoms with Crippen molar-refractivity contribution in [2.75, 3.05) is 11.9 Å². The summed E-state index contributed by atoms with van der Waals surface area (Å²) in [4.78, 5) is 12.7. The van der Waals surface area contributed by atoms with E-state index in [0.29, 0.717) is 28.2 Å². The van der Waals surface area contributed by atoms with Crippen LogP contribution in [-0.4, -0.2) is 26.1 Å². The number of anilines is 1. The van der Waals surface area contributed by atoms with Gasteiger partial charge in [0.1, 0.15) is 10.3 Å². The fraction of sp³-hybridized carbons (Fsp3) is 0.267. The van der Waals surface area contributed by atoms with Gasteiger partial charge in [0.15, 0.2) is 5.82 Å². The van der Waals surface area contributed by atoms with Crippen LogP contribution in [0.2, 0.25) is 0 Å². The quantitative estimate of drug-likeness (QED) is 0.669. The van der Waals surface area contributed by atoms with Crippen LogP contribution in [0.3, 0.4) is 0 Å². The molecule has 0 aliphatic carbocycles. The van der Waals surface area contributed by atoms with Crippen molar-refractivity contribution in [1.29, 1.82) is 0 Å². The van der Waals surface area contributed by atoms with Crippen molar-refractivity contribution < 1.29 is 13.2 Å². The number of rotatable bonds is 3. The molecule has 0 radical (unpaired) electrons. The first-order chi connectivity index (χ1) is 11.3. The summed E-state index contributed by atoms with van der Waals surface area (Å²) >= 11 is 3.28. The first kappa shape index (κ1) is 16.7. The Morgan fingerprint density at radius 3 is 2.62 bits per heavy atom. The molecule has 0 unspecified atom stereocenters. The van der Waals surface area contributed by atoms with E-state index in [1.54, 1.807) is 30.8 Å². The normalized spacial score (nSPS) is 11.9. The smallest absolute Gasteiger partial charge is 0.383 e. The Bertz CT molecular complexity index is 904. The van der Waals surface area contributed by atoms with Crippen LogP contribution in [0.25, 0.3) is 22.6 Å². The van der Waals surface area contributed by atoms with E-state index < -0.39 is 11.7 Å². The largest absolute Gasteiger partial charge is 0.417 e. The highest BCUT2D eigenvalue weighted by molar-refractivity contribution is 9.10. The maximum absolute atomic E-state index is 12.9. The van der Waals surface area contributed by atoms with E-state index in [1.807, 2.05) is 0 Å². The lowest BCUT2D eigenvalue weighted by Gasteiger charge is -2.13. The van der Waals surface area contributed by atoms with Crippen molar-refractivity contribution in [3.05, 3.63) is 34.7 Å². The molecule has 0 aromatic carbocycles. The standard InChI is InChI=1S/C15H13BrF3N5/c1-3-20-10-4-8(15(17,18)19)6-22-13(10)14-23-9-5-12(16)21-7-11(9)24(14)2/h4-7,20H,3H2,1-2H3. The van der Waals surface area contributed by atoms with Gasteiger partial charge in [-0.3, -0.25) is 4.98 Å². The van der Waals surface area contributed by atoms with Crippen molar-refractivity contribution in [2.45, 2.75) is 13.1 Å². The van der Waals surface area contributed by atoms with E-state index in [9.17, 15) is 13.2 Å². The second kappa shape index (κ2) is 6.04. The van der Waals surface area contributed by atoms with Gasteiger partial charge in [-0.1, -0.05) is 0 Å². The third-order valence-electron chi connectivity index (χ3n) is 3.53. The van der Waals surface area contributed by atoms with Gasteiger partial charge in [-0.15, -0.1) is 0 Å². The summed E-state index contributed by atoms with van der Waals surface area (Å²) in [6.45, 7) is 2.27. The number of aryl methyl sites for hydroxylation is 1. The number of halogens is 4. The molecule has 3 aromatic heterocycles. The Morgan fingerprint density at radius 2 is 1.96 bits per heavy atom. The fourth-order valence-electron chi connectivity index (χ4n) is 2.40. The van der Waals surface area contributed by atoms with Crippen LogP contribution < -0.4 is 5.32 Å². The van der Waals surface area contributed by atoms with Gasteiger partial charge in [-0.2, -0.15) is 13.2 Å². The maximum atomic E-state index is 12.9. The Balaban J connectivity index is 2.20. The monoisotopic (exact) mass is 399 g/mol. The number of imidazole rings is 1. The molecule has 1 N–H and O–H groups in total. The highest BCUT2D eigenvalue weighted by Gasteiger charge is 2.32. The topological polar surface area (TPSA) is 55.6 Å². The highest BCUT2D eigenvalue weighted by atomic mass is 79.9. The number of fused-ring (bicyclic) bond motifs is 1. The molecule has 3 aromatic rings. The molecule has 0 bridgehead atoms. The van der Waals surface area contributed by atoms with Crippen molar-refractivity contribution in [1.82, 2.24) is 19.5 Å². The molecule has 0 amide bonds. The molecule has 24 heavy (non-hydrogen) atoms. The van der Waals surface area contributed by atoms with Crippen LogP contribution in [0, 0.1) is 0 Å². The summed E-state index contributed by atoms with van der Waals surface area (Å²) in [5.41, 5.74) is 1.29. The van der Waals surface area contributed by atoms with E-state index in [1.165, 1.54) is 0 Å². The van der Waals surface area contributed by atoms with Crippen molar-refractivity contribution in [3.8, 4) is 11.5 Å². The van der Waals surface area contributed by atoms with Gasteiger partial charge in [0.25, 0.3) is 0 Å². The molecule has 3 rings (SSSR count). The average molecular weight is 400 g/mol. The molecule has 0 saturated carbocycles. The second-order valence-corrected chi connectivity index (χ2v) is 5.95. The minimum Gasteiger partial charge on any atom is -0.383 e. The first-order valence-electron chi connectivity index (χ1n) is 7.10. The van der Waals surface area contributed by atoms with Crippen LogP contribution >= 0.6 is 15.9 Å². The van der Waals surface area contributed by atoms with Crippen LogP contribution in [0.4, 0.5) is 18.9 Å². The lowest BCUT2D eigenvalue weighted by Crippen LogP contribution is -2.09. The second-order valence-electron chi connectivity index (χ2n) is 5.14. The van der Waals surface area contributed by atoms with Gasteiger partial charge in [0.05, 0.1) is 28.5 Å². The third-order valence-corrected chi connectivity index (χ3v) is 3.96. The van der Waals surface area contributed by atoms with Crippen molar-refractivity contribution >= 4 is 32.7 Å². The zero-order valence-electron chi connectivity index (χ0n) is 12.8. The Kier molecular flexibility index (Phi) is 4.20. The van der Waals surface area contributed by atoms with Gasteiger partial charge < -0.3 is 9.88 Å². The third kappa shape index (κ3) is 2.95. The molecule has 0 aliphatic rings. The fourth-order valence-corrected chi connectivity index (χ4v) is 2.72. The predicted octanol–water partition coefficient (Wildman–Crippen LogP) is 4.24. The van der Waals surface area contributed by atoms with Crippen LogP contribution in [0.1, 0.15) is 12.5 Å². The van der Waals surface area contributed by atoms with E-state index in [0.717, 1.165) is 17.8 Å². The van der Waals surface area contributed by atoms with Crippen molar-refractivity contribution in [3.63, 3.8) is 0 Å². The number of aromatic nitrogens is 4. The number of hydrogen-bond acceptors (Lipinski definition) is 4. The van der Waals surface area contributed by atoms with Crippen molar-refractivity contribution in [2.24, 2.45) is 7.05 Å². The number of hydrogen-bond donors (Lipinski definition) is 1.